The maximum atomic E-state index is 11.7. The molecule has 0 aliphatic heterocycles. The Kier molecular flexibility index (Phi) is 10.1. The van der Waals surface area contributed by atoms with Gasteiger partial charge in [-0.15, -0.1) is 0 Å². The quantitative estimate of drug-likeness (QED) is 0.279. The third-order valence-electron chi connectivity index (χ3n) is 3.82. The van der Waals surface area contributed by atoms with E-state index in [1.807, 2.05) is 19.9 Å². The highest BCUT2D eigenvalue weighted by Crippen LogP contribution is 2.37. The monoisotopic (exact) mass is 529 g/mol. The number of ether oxygens (including phenoxy) is 2. The van der Waals surface area contributed by atoms with E-state index in [2.05, 4.69) is 31.8 Å². The summed E-state index contributed by atoms with van der Waals surface area (Å²) in [6.07, 6.45) is 2.14. The Hall–Kier alpha value is -2.29. The highest BCUT2D eigenvalue weighted by Gasteiger charge is 2.14. The third kappa shape index (κ3) is 7.72. The van der Waals surface area contributed by atoms with Gasteiger partial charge in [0.1, 0.15) is 6.61 Å². The first-order chi connectivity index (χ1) is 14.8. The Balaban J connectivity index is 2.10. The number of amides is 2. The molecule has 0 spiro atoms. The number of benzene rings is 2. The van der Waals surface area contributed by atoms with Crippen LogP contribution in [0, 0.1) is 0 Å². The lowest BCUT2D eigenvalue weighted by atomic mass is 10.2. The zero-order valence-corrected chi connectivity index (χ0v) is 20.1. The van der Waals surface area contributed by atoms with Crippen molar-refractivity contribution in [2.75, 3.05) is 13.2 Å². The largest absolute Gasteiger partial charge is 0.490 e. The molecular formula is C21H22BrCl2N3O4. The van der Waals surface area contributed by atoms with Gasteiger partial charge in [-0.3, -0.25) is 9.59 Å². The molecule has 2 amide bonds. The lowest BCUT2D eigenvalue weighted by molar-refractivity contribution is -0.139. The SMILES string of the molecule is CCCNC(=O)C(=O)N/N=C\c1cc(Br)c(OCc2ccc(Cl)c(Cl)c2)c(OCC)c1. The molecule has 7 nitrogen and oxygen atoms in total. The molecule has 0 atom stereocenters. The first-order valence-corrected chi connectivity index (χ1v) is 11.0. The maximum absolute atomic E-state index is 11.7. The summed E-state index contributed by atoms with van der Waals surface area (Å²) in [7, 11) is 0. The molecule has 2 rings (SSSR count). The highest BCUT2D eigenvalue weighted by molar-refractivity contribution is 9.10. The molecule has 0 saturated heterocycles. The number of carbonyl (C=O) groups is 2. The van der Waals surface area contributed by atoms with Gasteiger partial charge < -0.3 is 14.8 Å². The van der Waals surface area contributed by atoms with Crippen LogP contribution in [0.5, 0.6) is 11.5 Å². The lowest BCUT2D eigenvalue weighted by Gasteiger charge is -2.15. The molecule has 2 aromatic rings. The van der Waals surface area contributed by atoms with Gasteiger partial charge >= 0.3 is 11.8 Å². The summed E-state index contributed by atoms with van der Waals surface area (Å²) in [6.45, 7) is 4.84. The van der Waals surface area contributed by atoms with Gasteiger partial charge in [0.05, 0.1) is 27.3 Å². The van der Waals surface area contributed by atoms with E-state index < -0.39 is 11.8 Å². The van der Waals surface area contributed by atoms with Crippen molar-refractivity contribution < 1.29 is 19.1 Å². The van der Waals surface area contributed by atoms with E-state index in [4.69, 9.17) is 32.7 Å². The molecule has 0 fully saturated rings. The van der Waals surface area contributed by atoms with Crippen LogP contribution in [0.3, 0.4) is 0 Å². The normalized spacial score (nSPS) is 10.7. The molecule has 0 aromatic heterocycles. The average molecular weight is 531 g/mol. The molecule has 0 heterocycles. The van der Waals surface area contributed by atoms with Crippen molar-refractivity contribution in [1.29, 1.82) is 0 Å². The topological polar surface area (TPSA) is 89.0 Å². The van der Waals surface area contributed by atoms with Gasteiger partial charge in [0.25, 0.3) is 0 Å². The third-order valence-corrected chi connectivity index (χ3v) is 5.15. The van der Waals surface area contributed by atoms with Gasteiger partial charge in [-0.1, -0.05) is 36.2 Å². The van der Waals surface area contributed by atoms with E-state index in [9.17, 15) is 9.59 Å². The summed E-state index contributed by atoms with van der Waals surface area (Å²) in [6, 6.07) is 8.73. The molecule has 31 heavy (non-hydrogen) atoms. The number of hydrazone groups is 1. The van der Waals surface area contributed by atoms with Crippen molar-refractivity contribution in [2.45, 2.75) is 26.9 Å². The number of halogens is 3. The molecule has 0 unspecified atom stereocenters. The highest BCUT2D eigenvalue weighted by atomic mass is 79.9. The van der Waals surface area contributed by atoms with Crippen LogP contribution in [0.25, 0.3) is 0 Å². The minimum Gasteiger partial charge on any atom is -0.490 e. The molecule has 0 radical (unpaired) electrons. The standard InChI is InChI=1S/C21H22BrCl2N3O4/c1-3-7-25-20(28)21(29)27-26-11-14-8-15(22)19(18(10-14)30-4-2)31-12-13-5-6-16(23)17(24)9-13/h5-6,8-11H,3-4,7,12H2,1-2H3,(H,25,28)(H,27,29)/b26-11-. The fourth-order valence-electron chi connectivity index (χ4n) is 2.39. The molecular weight excluding hydrogens is 509 g/mol. The number of nitrogens with zero attached hydrogens (tertiary/aromatic N) is 1. The van der Waals surface area contributed by atoms with Crippen LogP contribution in [-0.2, 0) is 16.2 Å². The van der Waals surface area contributed by atoms with E-state index in [0.717, 1.165) is 12.0 Å². The zero-order chi connectivity index (χ0) is 22.8. The lowest BCUT2D eigenvalue weighted by Crippen LogP contribution is -2.38. The predicted molar refractivity (Wildman–Crippen MR) is 125 cm³/mol. The van der Waals surface area contributed by atoms with Gasteiger partial charge in [0.15, 0.2) is 11.5 Å². The Morgan fingerprint density at radius 1 is 1.10 bits per heavy atom. The first kappa shape index (κ1) is 25.0. The van der Waals surface area contributed by atoms with Crippen molar-refractivity contribution in [3.8, 4) is 11.5 Å². The van der Waals surface area contributed by atoms with Crippen LogP contribution in [0.1, 0.15) is 31.4 Å². The number of hydrogen-bond donors (Lipinski definition) is 2. The van der Waals surface area contributed by atoms with Crippen LogP contribution in [0.4, 0.5) is 0 Å². The Morgan fingerprint density at radius 2 is 1.87 bits per heavy atom. The van der Waals surface area contributed by atoms with Gasteiger partial charge in [-0.2, -0.15) is 5.10 Å². The zero-order valence-electron chi connectivity index (χ0n) is 17.0. The van der Waals surface area contributed by atoms with Gasteiger partial charge in [-0.25, -0.2) is 5.43 Å². The van der Waals surface area contributed by atoms with Crippen molar-refractivity contribution in [3.63, 3.8) is 0 Å². The fraction of sp³-hybridized carbons (Fsp3) is 0.286. The smallest absolute Gasteiger partial charge is 0.329 e. The van der Waals surface area contributed by atoms with Gasteiger partial charge in [0.2, 0.25) is 0 Å². The van der Waals surface area contributed by atoms with E-state index in [0.29, 0.717) is 44.7 Å². The summed E-state index contributed by atoms with van der Waals surface area (Å²) in [5.74, 6) is -0.574. The van der Waals surface area contributed by atoms with E-state index in [1.54, 1.807) is 24.3 Å². The van der Waals surface area contributed by atoms with E-state index in [-0.39, 0.29) is 6.61 Å². The molecule has 0 aliphatic carbocycles. The van der Waals surface area contributed by atoms with Crippen LogP contribution < -0.4 is 20.2 Å². The summed E-state index contributed by atoms with van der Waals surface area (Å²) in [4.78, 5) is 23.2. The molecule has 10 heteroatoms. The number of nitrogens with one attached hydrogen (secondary N) is 2. The number of hydrogen-bond acceptors (Lipinski definition) is 5. The predicted octanol–water partition coefficient (Wildman–Crippen LogP) is 4.71. The molecule has 0 bridgehead atoms. The molecule has 0 aliphatic rings. The molecule has 2 aromatic carbocycles. The van der Waals surface area contributed by atoms with Crippen molar-refractivity contribution in [2.24, 2.45) is 5.10 Å². The second-order valence-electron chi connectivity index (χ2n) is 6.26. The Bertz CT molecular complexity index is 970. The molecule has 166 valence electrons. The number of rotatable bonds is 9. The number of carbonyl (C=O) groups excluding carboxylic acids is 2. The average Bonchev–Trinajstić information content (AvgIpc) is 2.74. The minimum absolute atomic E-state index is 0.256. The second-order valence-corrected chi connectivity index (χ2v) is 7.92. The Morgan fingerprint density at radius 3 is 2.55 bits per heavy atom. The van der Waals surface area contributed by atoms with Crippen molar-refractivity contribution in [3.05, 3.63) is 56.0 Å². The summed E-state index contributed by atoms with van der Waals surface area (Å²) in [5.41, 5.74) is 3.67. The molecule has 2 N–H and O–H groups in total. The summed E-state index contributed by atoms with van der Waals surface area (Å²) < 4.78 is 12.2. The fourth-order valence-corrected chi connectivity index (χ4v) is 3.28. The van der Waals surface area contributed by atoms with Crippen molar-refractivity contribution in [1.82, 2.24) is 10.7 Å². The summed E-state index contributed by atoms with van der Waals surface area (Å²) in [5, 5.41) is 7.22. The summed E-state index contributed by atoms with van der Waals surface area (Å²) >= 11 is 15.5. The Labute approximate surface area is 199 Å². The van der Waals surface area contributed by atoms with Crippen LogP contribution in [0.2, 0.25) is 10.0 Å². The molecule has 0 saturated carbocycles. The first-order valence-electron chi connectivity index (χ1n) is 9.50. The van der Waals surface area contributed by atoms with Crippen molar-refractivity contribution >= 4 is 57.2 Å². The minimum atomic E-state index is -0.838. The van der Waals surface area contributed by atoms with Crippen LogP contribution in [0.15, 0.2) is 39.9 Å². The van der Waals surface area contributed by atoms with Gasteiger partial charge in [-0.05, 0) is 64.7 Å². The van der Waals surface area contributed by atoms with Crippen LogP contribution >= 0.6 is 39.1 Å². The second kappa shape index (κ2) is 12.5. The maximum Gasteiger partial charge on any atom is 0.329 e. The van der Waals surface area contributed by atoms with E-state index >= 15 is 0 Å². The van der Waals surface area contributed by atoms with Crippen LogP contribution in [-0.4, -0.2) is 31.2 Å². The van der Waals surface area contributed by atoms with E-state index in [1.165, 1.54) is 6.21 Å². The van der Waals surface area contributed by atoms with Gasteiger partial charge in [0, 0.05) is 6.54 Å².